The number of carbonyl (C=O) groups excluding carboxylic acids is 1. The Kier molecular flexibility index (Phi) is 7.03. The third-order valence-corrected chi connectivity index (χ3v) is 5.29. The van der Waals surface area contributed by atoms with Gasteiger partial charge in [-0.2, -0.15) is 5.10 Å². The number of piperidine rings is 1. The molecule has 0 radical (unpaired) electrons. The summed E-state index contributed by atoms with van der Waals surface area (Å²) < 4.78 is 8.25. The predicted octanol–water partition coefficient (Wildman–Crippen LogP) is 4.17. The van der Waals surface area contributed by atoms with E-state index in [1.165, 1.54) is 0 Å². The second-order valence-corrected chi connectivity index (χ2v) is 7.39. The lowest BCUT2D eigenvalue weighted by molar-refractivity contribution is -0.127. The van der Waals surface area contributed by atoms with Gasteiger partial charge in [-0.1, -0.05) is 19.1 Å². The second-order valence-electron chi connectivity index (χ2n) is 7.01. The summed E-state index contributed by atoms with van der Waals surface area (Å²) in [4.78, 5) is 14.6. The number of likely N-dealkylation sites (tertiary alicyclic amines) is 1. The van der Waals surface area contributed by atoms with Crippen LogP contribution in [0.2, 0.25) is 0 Å². The van der Waals surface area contributed by atoms with E-state index in [0.717, 1.165) is 49.5 Å². The van der Waals surface area contributed by atoms with Crippen molar-refractivity contribution in [1.82, 2.24) is 19.7 Å². The number of H-pyrrole nitrogens is 1. The number of aromatic amines is 1. The summed E-state index contributed by atoms with van der Waals surface area (Å²) in [5, 5.41) is 7.29. The van der Waals surface area contributed by atoms with E-state index in [0.29, 0.717) is 17.9 Å². The fraction of sp³-hybridized carbons (Fsp3) is 0.476. The highest BCUT2D eigenvalue weighted by molar-refractivity contribution is 7.71. The molecule has 1 unspecified atom stereocenters. The third kappa shape index (κ3) is 4.90. The molecule has 150 valence electrons. The van der Waals surface area contributed by atoms with Crippen molar-refractivity contribution in [2.24, 2.45) is 0 Å². The van der Waals surface area contributed by atoms with Gasteiger partial charge in [0, 0.05) is 31.6 Å². The maximum atomic E-state index is 12.7. The van der Waals surface area contributed by atoms with Crippen molar-refractivity contribution in [2.75, 3.05) is 19.7 Å². The first-order chi connectivity index (χ1) is 13.6. The molecule has 2 heterocycles. The number of carbonyl (C=O) groups is 1. The first-order valence-corrected chi connectivity index (χ1v) is 10.4. The molecule has 0 bridgehead atoms. The monoisotopic (exact) mass is 400 g/mol. The minimum Gasteiger partial charge on any atom is -0.494 e. The van der Waals surface area contributed by atoms with Gasteiger partial charge in [0.05, 0.1) is 6.61 Å². The Bertz CT molecular complexity index is 869. The molecule has 7 heteroatoms. The summed E-state index contributed by atoms with van der Waals surface area (Å²) in [5.41, 5.74) is 0.984. The summed E-state index contributed by atoms with van der Waals surface area (Å²) in [6.45, 7) is 7.09. The number of ether oxygens (including phenoxy) is 1. The lowest BCUT2D eigenvalue weighted by Gasteiger charge is -2.31. The lowest BCUT2D eigenvalue weighted by atomic mass is 9.97. The average Bonchev–Trinajstić information content (AvgIpc) is 3.11. The molecule has 1 aromatic carbocycles. The van der Waals surface area contributed by atoms with E-state index in [1.54, 1.807) is 6.08 Å². The van der Waals surface area contributed by atoms with Crippen LogP contribution in [0.15, 0.2) is 30.3 Å². The Hall–Kier alpha value is -2.41. The van der Waals surface area contributed by atoms with Crippen LogP contribution >= 0.6 is 12.2 Å². The first kappa shape index (κ1) is 20.3. The Labute approximate surface area is 171 Å². The van der Waals surface area contributed by atoms with Crippen molar-refractivity contribution in [3.05, 3.63) is 46.5 Å². The van der Waals surface area contributed by atoms with Crippen molar-refractivity contribution < 1.29 is 9.53 Å². The van der Waals surface area contributed by atoms with Crippen LogP contribution in [0, 0.1) is 4.77 Å². The number of aromatic nitrogens is 3. The van der Waals surface area contributed by atoms with E-state index in [1.807, 2.05) is 39.8 Å². The molecule has 0 spiro atoms. The van der Waals surface area contributed by atoms with Crippen LogP contribution in [0.5, 0.6) is 5.75 Å². The summed E-state index contributed by atoms with van der Waals surface area (Å²) >= 11 is 5.29. The summed E-state index contributed by atoms with van der Waals surface area (Å²) in [6.07, 6.45) is 6.49. The molecular weight excluding hydrogens is 372 g/mol. The summed E-state index contributed by atoms with van der Waals surface area (Å²) in [7, 11) is 0. The molecule has 1 aliphatic rings. The molecule has 6 nitrogen and oxygen atoms in total. The zero-order valence-electron chi connectivity index (χ0n) is 16.6. The van der Waals surface area contributed by atoms with Gasteiger partial charge in [0.15, 0.2) is 4.77 Å². The molecule has 0 aliphatic carbocycles. The fourth-order valence-corrected chi connectivity index (χ4v) is 3.77. The number of hydrogen-bond donors (Lipinski definition) is 1. The molecule has 2 aromatic rings. The van der Waals surface area contributed by atoms with Crippen molar-refractivity contribution >= 4 is 24.2 Å². The molecule has 28 heavy (non-hydrogen) atoms. The molecule has 1 aromatic heterocycles. The standard InChI is InChI=1S/C21H28N4O2S/c1-3-14-27-18-10-7-16(8-11-18)9-12-19(26)24-13-5-6-17(15-24)20-22-23-21(28)25(20)4-2/h7-12,17H,3-6,13-15H2,1-2H3,(H,23,28). The smallest absolute Gasteiger partial charge is 0.246 e. The molecule has 1 atom stereocenters. The topological polar surface area (TPSA) is 63.1 Å². The number of nitrogens with zero attached hydrogens (tertiary/aromatic N) is 3. The van der Waals surface area contributed by atoms with Gasteiger partial charge in [-0.3, -0.25) is 9.89 Å². The van der Waals surface area contributed by atoms with E-state index >= 15 is 0 Å². The first-order valence-electron chi connectivity index (χ1n) is 9.97. The Morgan fingerprint density at radius 2 is 2.14 bits per heavy atom. The van der Waals surface area contributed by atoms with Gasteiger partial charge in [0.1, 0.15) is 11.6 Å². The maximum absolute atomic E-state index is 12.7. The third-order valence-electron chi connectivity index (χ3n) is 4.97. The van der Waals surface area contributed by atoms with Gasteiger partial charge in [0.2, 0.25) is 5.91 Å². The minimum atomic E-state index is 0.0354. The maximum Gasteiger partial charge on any atom is 0.246 e. The quantitative estimate of drug-likeness (QED) is 0.560. The van der Waals surface area contributed by atoms with Gasteiger partial charge in [-0.05, 0) is 62.2 Å². The highest BCUT2D eigenvalue weighted by Crippen LogP contribution is 2.26. The van der Waals surface area contributed by atoms with Gasteiger partial charge >= 0.3 is 0 Å². The average molecular weight is 401 g/mol. The van der Waals surface area contributed by atoms with Crippen LogP contribution in [0.3, 0.4) is 0 Å². The fourth-order valence-electron chi connectivity index (χ4n) is 3.50. The number of nitrogens with one attached hydrogen (secondary N) is 1. The predicted molar refractivity (Wildman–Crippen MR) is 113 cm³/mol. The highest BCUT2D eigenvalue weighted by Gasteiger charge is 2.27. The van der Waals surface area contributed by atoms with E-state index in [9.17, 15) is 4.79 Å². The van der Waals surface area contributed by atoms with Gasteiger partial charge in [-0.25, -0.2) is 0 Å². The van der Waals surface area contributed by atoms with Crippen molar-refractivity contribution in [3.8, 4) is 5.75 Å². The van der Waals surface area contributed by atoms with E-state index in [2.05, 4.69) is 24.0 Å². The Balaban J connectivity index is 1.62. The number of rotatable bonds is 7. The lowest BCUT2D eigenvalue weighted by Crippen LogP contribution is -2.38. The van der Waals surface area contributed by atoms with Crippen LogP contribution in [0.25, 0.3) is 6.08 Å². The zero-order chi connectivity index (χ0) is 19.9. The van der Waals surface area contributed by atoms with E-state index < -0.39 is 0 Å². The van der Waals surface area contributed by atoms with Gasteiger partial charge < -0.3 is 14.2 Å². The molecule has 1 saturated heterocycles. The number of amides is 1. The molecule has 1 amide bonds. The zero-order valence-corrected chi connectivity index (χ0v) is 17.4. The van der Waals surface area contributed by atoms with E-state index in [-0.39, 0.29) is 11.8 Å². The van der Waals surface area contributed by atoms with Gasteiger partial charge in [0.25, 0.3) is 0 Å². The highest BCUT2D eigenvalue weighted by atomic mass is 32.1. The molecule has 1 fully saturated rings. The molecule has 1 N–H and O–H groups in total. The SMILES string of the molecule is CCCOc1ccc(C=CC(=O)N2CCCC(c3n[nH]c(=S)n3CC)C2)cc1. The minimum absolute atomic E-state index is 0.0354. The van der Waals surface area contributed by atoms with Crippen molar-refractivity contribution in [3.63, 3.8) is 0 Å². The van der Waals surface area contributed by atoms with Crippen LogP contribution in [-0.4, -0.2) is 45.3 Å². The normalized spacial score (nSPS) is 17.2. The van der Waals surface area contributed by atoms with Crippen LogP contribution in [0.4, 0.5) is 0 Å². The van der Waals surface area contributed by atoms with Gasteiger partial charge in [-0.15, -0.1) is 0 Å². The number of hydrogen-bond acceptors (Lipinski definition) is 4. The van der Waals surface area contributed by atoms with Crippen molar-refractivity contribution in [2.45, 2.75) is 45.6 Å². The molecule has 3 rings (SSSR count). The second kappa shape index (κ2) is 9.68. The van der Waals surface area contributed by atoms with Crippen LogP contribution in [0.1, 0.15) is 50.4 Å². The van der Waals surface area contributed by atoms with Crippen molar-refractivity contribution in [1.29, 1.82) is 0 Å². The van der Waals surface area contributed by atoms with E-state index in [4.69, 9.17) is 17.0 Å². The summed E-state index contributed by atoms with van der Waals surface area (Å²) in [6, 6.07) is 7.80. The van der Waals surface area contributed by atoms with Crippen LogP contribution in [-0.2, 0) is 11.3 Å². The number of benzene rings is 1. The molecule has 1 aliphatic heterocycles. The Morgan fingerprint density at radius 1 is 1.36 bits per heavy atom. The molecular formula is C21H28N4O2S. The molecule has 0 saturated carbocycles. The Morgan fingerprint density at radius 3 is 2.86 bits per heavy atom. The summed E-state index contributed by atoms with van der Waals surface area (Å²) in [5.74, 6) is 2.06. The van der Waals surface area contributed by atoms with Crippen LogP contribution < -0.4 is 4.74 Å². The largest absolute Gasteiger partial charge is 0.494 e.